The number of anilines is 2. The van der Waals surface area contributed by atoms with Crippen molar-refractivity contribution in [3.63, 3.8) is 0 Å². The molecule has 0 unspecified atom stereocenters. The summed E-state index contributed by atoms with van der Waals surface area (Å²) in [5.41, 5.74) is 2.18. The SMILES string of the molecule is C=CN(c1ccc(Br)cc1)c1ccc(Br)cc1. The first-order valence-electron chi connectivity index (χ1n) is 5.13. The van der Waals surface area contributed by atoms with Crippen LogP contribution in [0.5, 0.6) is 0 Å². The fraction of sp³-hybridized carbons (Fsp3) is 0. The van der Waals surface area contributed by atoms with Gasteiger partial charge in [-0.25, -0.2) is 0 Å². The molecule has 0 N–H and O–H groups in total. The van der Waals surface area contributed by atoms with Gasteiger partial charge in [0.15, 0.2) is 0 Å². The van der Waals surface area contributed by atoms with Gasteiger partial charge in [0, 0.05) is 26.5 Å². The maximum atomic E-state index is 3.86. The fourth-order valence-electron chi connectivity index (χ4n) is 1.56. The second kappa shape index (κ2) is 5.52. The van der Waals surface area contributed by atoms with E-state index in [4.69, 9.17) is 0 Å². The van der Waals surface area contributed by atoms with E-state index in [0.29, 0.717) is 0 Å². The zero-order valence-electron chi connectivity index (χ0n) is 9.11. The Balaban J connectivity index is 2.36. The topological polar surface area (TPSA) is 3.24 Å². The highest BCUT2D eigenvalue weighted by Crippen LogP contribution is 2.27. The summed E-state index contributed by atoms with van der Waals surface area (Å²) in [5.74, 6) is 0. The van der Waals surface area contributed by atoms with E-state index < -0.39 is 0 Å². The monoisotopic (exact) mass is 351 g/mol. The van der Waals surface area contributed by atoms with Crippen LogP contribution in [0.15, 0.2) is 70.3 Å². The van der Waals surface area contributed by atoms with Gasteiger partial charge in [-0.15, -0.1) is 0 Å². The predicted molar refractivity (Wildman–Crippen MR) is 80.6 cm³/mol. The minimum Gasteiger partial charge on any atom is -0.318 e. The van der Waals surface area contributed by atoms with Crippen molar-refractivity contribution in [3.05, 3.63) is 70.3 Å². The van der Waals surface area contributed by atoms with Gasteiger partial charge < -0.3 is 4.90 Å². The molecule has 0 aliphatic heterocycles. The first kappa shape index (κ1) is 12.4. The van der Waals surface area contributed by atoms with Crippen molar-refractivity contribution in [1.29, 1.82) is 0 Å². The van der Waals surface area contributed by atoms with Crippen LogP contribution in [0, 0.1) is 0 Å². The standard InChI is InChI=1S/C14H11Br2N/c1-2-17(13-7-3-11(15)4-8-13)14-9-5-12(16)6-10-14/h2-10H,1H2. The number of nitrogens with zero attached hydrogens (tertiary/aromatic N) is 1. The van der Waals surface area contributed by atoms with E-state index in [1.165, 1.54) is 0 Å². The van der Waals surface area contributed by atoms with Crippen molar-refractivity contribution in [1.82, 2.24) is 0 Å². The van der Waals surface area contributed by atoms with Crippen molar-refractivity contribution < 1.29 is 0 Å². The maximum Gasteiger partial charge on any atom is 0.0456 e. The van der Waals surface area contributed by atoms with Crippen molar-refractivity contribution in [2.45, 2.75) is 0 Å². The van der Waals surface area contributed by atoms with E-state index in [2.05, 4.69) is 38.4 Å². The smallest absolute Gasteiger partial charge is 0.0456 e. The van der Waals surface area contributed by atoms with Gasteiger partial charge >= 0.3 is 0 Å². The number of hydrogen-bond acceptors (Lipinski definition) is 1. The molecule has 0 aromatic heterocycles. The number of rotatable bonds is 3. The molecule has 0 fully saturated rings. The molecular weight excluding hydrogens is 342 g/mol. The van der Waals surface area contributed by atoms with Crippen LogP contribution >= 0.6 is 31.9 Å². The average Bonchev–Trinajstić information content (AvgIpc) is 2.35. The summed E-state index contributed by atoms with van der Waals surface area (Å²) in [4.78, 5) is 2.04. The zero-order valence-corrected chi connectivity index (χ0v) is 12.3. The molecule has 2 aromatic rings. The van der Waals surface area contributed by atoms with Crippen LogP contribution in [0.25, 0.3) is 0 Å². The Hall–Kier alpha value is -1.06. The van der Waals surface area contributed by atoms with E-state index in [0.717, 1.165) is 20.3 Å². The van der Waals surface area contributed by atoms with Crippen molar-refractivity contribution >= 4 is 43.2 Å². The lowest BCUT2D eigenvalue weighted by Gasteiger charge is -2.20. The van der Waals surface area contributed by atoms with Crippen LogP contribution in [-0.4, -0.2) is 0 Å². The summed E-state index contributed by atoms with van der Waals surface area (Å²) in [7, 11) is 0. The second-order valence-corrected chi connectivity index (χ2v) is 5.34. The van der Waals surface area contributed by atoms with E-state index >= 15 is 0 Å². The third-order valence-electron chi connectivity index (χ3n) is 2.39. The van der Waals surface area contributed by atoms with Crippen LogP contribution in [0.1, 0.15) is 0 Å². The highest BCUT2D eigenvalue weighted by Gasteiger charge is 2.04. The Bertz CT molecular complexity index is 457. The lowest BCUT2D eigenvalue weighted by atomic mass is 10.2. The first-order chi connectivity index (χ1) is 8.20. The molecule has 0 amide bonds. The molecule has 17 heavy (non-hydrogen) atoms. The molecule has 0 atom stereocenters. The van der Waals surface area contributed by atoms with Crippen LogP contribution in [0.2, 0.25) is 0 Å². The van der Waals surface area contributed by atoms with Crippen LogP contribution in [-0.2, 0) is 0 Å². The van der Waals surface area contributed by atoms with Gasteiger partial charge in [0.05, 0.1) is 0 Å². The Morgan fingerprint density at radius 1 is 0.765 bits per heavy atom. The Kier molecular flexibility index (Phi) is 4.02. The minimum atomic E-state index is 1.07. The molecule has 0 radical (unpaired) electrons. The van der Waals surface area contributed by atoms with Gasteiger partial charge in [-0.05, 0) is 48.5 Å². The fourth-order valence-corrected chi connectivity index (χ4v) is 2.09. The Morgan fingerprint density at radius 2 is 1.12 bits per heavy atom. The molecular formula is C14H11Br2N. The van der Waals surface area contributed by atoms with Gasteiger partial charge in [0.2, 0.25) is 0 Å². The molecule has 0 spiro atoms. The van der Waals surface area contributed by atoms with E-state index in [9.17, 15) is 0 Å². The van der Waals surface area contributed by atoms with E-state index in [1.54, 1.807) is 0 Å². The molecule has 0 heterocycles. The molecule has 0 saturated carbocycles. The van der Waals surface area contributed by atoms with Gasteiger partial charge in [-0.2, -0.15) is 0 Å². The van der Waals surface area contributed by atoms with E-state index in [-0.39, 0.29) is 0 Å². The molecule has 0 bridgehead atoms. The molecule has 2 aromatic carbocycles. The Labute approximate surface area is 118 Å². The van der Waals surface area contributed by atoms with Crippen LogP contribution in [0.4, 0.5) is 11.4 Å². The number of hydrogen-bond donors (Lipinski definition) is 0. The van der Waals surface area contributed by atoms with Crippen molar-refractivity contribution in [2.75, 3.05) is 4.90 Å². The zero-order chi connectivity index (χ0) is 12.3. The summed E-state index contributed by atoms with van der Waals surface area (Å²) in [6.45, 7) is 3.86. The van der Waals surface area contributed by atoms with E-state index in [1.807, 2.05) is 59.6 Å². The molecule has 2 rings (SSSR count). The van der Waals surface area contributed by atoms with Crippen molar-refractivity contribution in [2.24, 2.45) is 0 Å². The molecule has 86 valence electrons. The lowest BCUT2D eigenvalue weighted by Crippen LogP contribution is -2.07. The normalized spacial score (nSPS) is 10.0. The quantitative estimate of drug-likeness (QED) is 0.705. The highest BCUT2D eigenvalue weighted by molar-refractivity contribution is 9.10. The Morgan fingerprint density at radius 3 is 1.41 bits per heavy atom. The lowest BCUT2D eigenvalue weighted by molar-refractivity contribution is 1.28. The third-order valence-corrected chi connectivity index (χ3v) is 3.45. The molecule has 3 heteroatoms. The highest BCUT2D eigenvalue weighted by atomic mass is 79.9. The summed E-state index contributed by atoms with van der Waals surface area (Å²) in [6, 6.07) is 16.3. The molecule has 0 aliphatic rings. The van der Waals surface area contributed by atoms with Crippen LogP contribution < -0.4 is 4.90 Å². The summed E-state index contributed by atoms with van der Waals surface area (Å²) >= 11 is 6.86. The predicted octanol–water partition coefficient (Wildman–Crippen LogP) is 5.49. The molecule has 0 aliphatic carbocycles. The summed E-state index contributed by atoms with van der Waals surface area (Å²) in [6.07, 6.45) is 1.81. The average molecular weight is 353 g/mol. The van der Waals surface area contributed by atoms with Gasteiger partial charge in [-0.3, -0.25) is 0 Å². The summed E-state index contributed by atoms with van der Waals surface area (Å²) in [5, 5.41) is 0. The van der Waals surface area contributed by atoms with Gasteiger partial charge in [-0.1, -0.05) is 38.4 Å². The second-order valence-electron chi connectivity index (χ2n) is 3.51. The minimum absolute atomic E-state index is 1.07. The number of benzene rings is 2. The third kappa shape index (κ3) is 2.99. The summed E-state index contributed by atoms with van der Waals surface area (Å²) < 4.78 is 2.14. The van der Waals surface area contributed by atoms with Gasteiger partial charge in [0.25, 0.3) is 0 Å². The maximum absolute atomic E-state index is 3.86. The van der Waals surface area contributed by atoms with Crippen molar-refractivity contribution in [3.8, 4) is 0 Å². The molecule has 1 nitrogen and oxygen atoms in total. The number of halogens is 2. The first-order valence-corrected chi connectivity index (χ1v) is 6.72. The van der Waals surface area contributed by atoms with Crippen LogP contribution in [0.3, 0.4) is 0 Å². The molecule has 0 saturated heterocycles. The van der Waals surface area contributed by atoms with Gasteiger partial charge in [0.1, 0.15) is 0 Å². The largest absolute Gasteiger partial charge is 0.318 e.